The summed E-state index contributed by atoms with van der Waals surface area (Å²) < 4.78 is 0. The topological polar surface area (TPSA) is 70.2 Å². The van der Waals surface area contributed by atoms with Crippen molar-refractivity contribution < 1.29 is 9.59 Å². The van der Waals surface area contributed by atoms with Gasteiger partial charge in [0, 0.05) is 18.7 Å². The number of carbonyl (C=O) groups excluding carboxylic acids is 2. The SMILES string of the molecule is CCNCc1ccccc1NC(=O)CNC(=O)CCc1ccc(C)cc1.Cl. The molecular weight excluding hydrogens is 362 g/mol. The molecule has 6 heteroatoms. The third kappa shape index (κ3) is 8.24. The van der Waals surface area contributed by atoms with Crippen LogP contribution in [-0.2, 0) is 22.6 Å². The van der Waals surface area contributed by atoms with Gasteiger partial charge in [0.15, 0.2) is 0 Å². The van der Waals surface area contributed by atoms with Gasteiger partial charge in [0.05, 0.1) is 6.54 Å². The molecule has 0 saturated heterocycles. The Bertz CT molecular complexity index is 732. The van der Waals surface area contributed by atoms with Crippen molar-refractivity contribution in [3.8, 4) is 0 Å². The third-order valence-corrected chi connectivity index (χ3v) is 4.06. The van der Waals surface area contributed by atoms with Gasteiger partial charge in [-0.3, -0.25) is 9.59 Å². The molecule has 5 nitrogen and oxygen atoms in total. The number of halogens is 1. The first-order valence-corrected chi connectivity index (χ1v) is 8.99. The summed E-state index contributed by atoms with van der Waals surface area (Å²) in [5.74, 6) is -0.348. The normalized spacial score (nSPS) is 10.0. The van der Waals surface area contributed by atoms with Crippen molar-refractivity contribution in [3.63, 3.8) is 0 Å². The first-order valence-electron chi connectivity index (χ1n) is 8.99. The van der Waals surface area contributed by atoms with Gasteiger partial charge < -0.3 is 16.0 Å². The Labute approximate surface area is 167 Å². The Morgan fingerprint density at radius 2 is 1.67 bits per heavy atom. The molecule has 0 aliphatic carbocycles. The highest BCUT2D eigenvalue weighted by molar-refractivity contribution is 5.95. The molecule has 0 aliphatic rings. The molecule has 0 radical (unpaired) electrons. The van der Waals surface area contributed by atoms with Crippen LogP contribution in [0, 0.1) is 6.92 Å². The molecule has 0 saturated carbocycles. The number of aryl methyl sites for hydroxylation is 2. The van der Waals surface area contributed by atoms with E-state index >= 15 is 0 Å². The van der Waals surface area contributed by atoms with Crippen molar-refractivity contribution in [1.82, 2.24) is 10.6 Å². The number of benzene rings is 2. The number of para-hydroxylation sites is 1. The second-order valence-corrected chi connectivity index (χ2v) is 6.25. The van der Waals surface area contributed by atoms with E-state index in [2.05, 4.69) is 16.0 Å². The fourth-order valence-electron chi connectivity index (χ4n) is 2.53. The van der Waals surface area contributed by atoms with Crippen LogP contribution in [0.15, 0.2) is 48.5 Å². The highest BCUT2D eigenvalue weighted by atomic mass is 35.5. The van der Waals surface area contributed by atoms with E-state index in [-0.39, 0.29) is 30.8 Å². The van der Waals surface area contributed by atoms with E-state index in [0.29, 0.717) is 19.4 Å². The predicted molar refractivity (Wildman–Crippen MR) is 112 cm³/mol. The lowest BCUT2D eigenvalue weighted by Crippen LogP contribution is -2.33. The smallest absolute Gasteiger partial charge is 0.243 e. The Morgan fingerprint density at radius 3 is 2.37 bits per heavy atom. The second-order valence-electron chi connectivity index (χ2n) is 6.25. The van der Waals surface area contributed by atoms with Crippen LogP contribution in [0.3, 0.4) is 0 Å². The zero-order chi connectivity index (χ0) is 18.8. The summed E-state index contributed by atoms with van der Waals surface area (Å²) in [4.78, 5) is 24.1. The molecule has 2 amide bonds. The number of nitrogens with one attached hydrogen (secondary N) is 3. The molecule has 0 aliphatic heterocycles. The molecule has 0 heterocycles. The largest absolute Gasteiger partial charge is 0.347 e. The molecule has 0 unspecified atom stereocenters. The van der Waals surface area contributed by atoms with Crippen LogP contribution in [0.4, 0.5) is 5.69 Å². The van der Waals surface area contributed by atoms with Crippen LogP contribution in [0.1, 0.15) is 30.0 Å². The molecule has 2 aromatic rings. The summed E-state index contributed by atoms with van der Waals surface area (Å²) in [7, 11) is 0. The third-order valence-electron chi connectivity index (χ3n) is 4.06. The lowest BCUT2D eigenvalue weighted by molar-refractivity contribution is -0.124. The number of rotatable bonds is 9. The monoisotopic (exact) mass is 389 g/mol. The summed E-state index contributed by atoms with van der Waals surface area (Å²) in [5.41, 5.74) is 4.11. The van der Waals surface area contributed by atoms with Gasteiger partial charge in [-0.1, -0.05) is 55.0 Å². The van der Waals surface area contributed by atoms with Crippen molar-refractivity contribution in [2.24, 2.45) is 0 Å². The van der Waals surface area contributed by atoms with Crippen molar-refractivity contribution >= 4 is 29.9 Å². The van der Waals surface area contributed by atoms with E-state index in [9.17, 15) is 9.59 Å². The van der Waals surface area contributed by atoms with Crippen molar-refractivity contribution in [1.29, 1.82) is 0 Å². The predicted octanol–water partition coefficient (Wildman–Crippen LogP) is 3.21. The second kappa shape index (κ2) is 12.1. The van der Waals surface area contributed by atoms with E-state index in [0.717, 1.165) is 23.4 Å². The molecule has 0 fully saturated rings. The first kappa shape index (κ1) is 22.7. The number of amides is 2. The molecule has 27 heavy (non-hydrogen) atoms. The van der Waals surface area contributed by atoms with Gasteiger partial charge in [-0.2, -0.15) is 0 Å². The maximum atomic E-state index is 12.1. The van der Waals surface area contributed by atoms with E-state index in [1.54, 1.807) is 0 Å². The van der Waals surface area contributed by atoms with Gasteiger partial charge >= 0.3 is 0 Å². The highest BCUT2D eigenvalue weighted by Gasteiger charge is 2.08. The van der Waals surface area contributed by atoms with E-state index in [4.69, 9.17) is 0 Å². The molecule has 0 spiro atoms. The molecule has 2 aromatic carbocycles. The number of anilines is 1. The van der Waals surface area contributed by atoms with E-state index < -0.39 is 0 Å². The minimum atomic E-state index is -0.224. The van der Waals surface area contributed by atoms with E-state index in [1.807, 2.05) is 62.4 Å². The van der Waals surface area contributed by atoms with Crippen LogP contribution in [0.25, 0.3) is 0 Å². The van der Waals surface area contributed by atoms with Crippen molar-refractivity contribution in [2.75, 3.05) is 18.4 Å². The average Bonchev–Trinajstić information content (AvgIpc) is 2.65. The lowest BCUT2D eigenvalue weighted by Gasteiger charge is -2.12. The molecule has 0 atom stereocenters. The molecule has 2 rings (SSSR count). The van der Waals surface area contributed by atoms with Crippen molar-refractivity contribution in [2.45, 2.75) is 33.2 Å². The number of hydrogen-bond donors (Lipinski definition) is 3. The van der Waals surface area contributed by atoms with Gasteiger partial charge in [0.1, 0.15) is 0 Å². The summed E-state index contributed by atoms with van der Waals surface area (Å²) in [6.07, 6.45) is 1.03. The summed E-state index contributed by atoms with van der Waals surface area (Å²) in [6, 6.07) is 15.8. The fraction of sp³-hybridized carbons (Fsp3) is 0.333. The minimum Gasteiger partial charge on any atom is -0.347 e. The molecular formula is C21H28ClN3O2. The minimum absolute atomic E-state index is 0. The first-order chi connectivity index (χ1) is 12.6. The van der Waals surface area contributed by atoms with Gasteiger partial charge in [-0.15, -0.1) is 12.4 Å². The maximum Gasteiger partial charge on any atom is 0.243 e. The van der Waals surface area contributed by atoms with Crippen LogP contribution in [-0.4, -0.2) is 24.9 Å². The van der Waals surface area contributed by atoms with Crippen LogP contribution in [0.5, 0.6) is 0 Å². The van der Waals surface area contributed by atoms with Crippen LogP contribution >= 0.6 is 12.4 Å². The zero-order valence-electron chi connectivity index (χ0n) is 15.9. The maximum absolute atomic E-state index is 12.1. The summed E-state index contributed by atoms with van der Waals surface area (Å²) >= 11 is 0. The van der Waals surface area contributed by atoms with Gasteiger partial charge in [-0.25, -0.2) is 0 Å². The van der Waals surface area contributed by atoms with Crippen LogP contribution < -0.4 is 16.0 Å². The Kier molecular flexibility index (Phi) is 10.2. The fourth-order valence-corrected chi connectivity index (χ4v) is 2.53. The standard InChI is InChI=1S/C21H27N3O2.ClH/c1-3-22-14-18-6-4-5-7-19(18)24-21(26)15-23-20(25)13-12-17-10-8-16(2)9-11-17;/h4-11,22H,3,12-15H2,1-2H3,(H,23,25)(H,24,26);1H. The van der Waals surface area contributed by atoms with E-state index in [1.165, 1.54) is 5.56 Å². The Balaban J connectivity index is 0.00000364. The molecule has 3 N–H and O–H groups in total. The number of carbonyl (C=O) groups is 2. The zero-order valence-corrected chi connectivity index (χ0v) is 16.7. The Morgan fingerprint density at radius 1 is 0.963 bits per heavy atom. The molecule has 0 aromatic heterocycles. The lowest BCUT2D eigenvalue weighted by atomic mass is 10.1. The van der Waals surface area contributed by atoms with Crippen LogP contribution in [0.2, 0.25) is 0 Å². The molecule has 0 bridgehead atoms. The Hall–Kier alpha value is -2.37. The summed E-state index contributed by atoms with van der Waals surface area (Å²) in [5, 5.41) is 8.78. The average molecular weight is 390 g/mol. The van der Waals surface area contributed by atoms with Crippen molar-refractivity contribution in [3.05, 3.63) is 65.2 Å². The van der Waals surface area contributed by atoms with Gasteiger partial charge in [0.25, 0.3) is 0 Å². The molecule has 146 valence electrons. The quantitative estimate of drug-likeness (QED) is 0.616. The van der Waals surface area contributed by atoms with Gasteiger partial charge in [0.2, 0.25) is 11.8 Å². The number of hydrogen-bond acceptors (Lipinski definition) is 3. The highest BCUT2D eigenvalue weighted by Crippen LogP contribution is 2.14. The van der Waals surface area contributed by atoms with Gasteiger partial charge in [-0.05, 0) is 37.1 Å². The summed E-state index contributed by atoms with van der Waals surface area (Å²) in [6.45, 7) is 5.59.